The van der Waals surface area contributed by atoms with Crippen LogP contribution in [0, 0.1) is 0 Å². The minimum Gasteiger partial charge on any atom is -0.462 e. The Kier molecular flexibility index (Phi) is 54.4. The van der Waals surface area contributed by atoms with Crippen molar-refractivity contribution in [3.05, 3.63) is 72.9 Å². The maximum atomic E-state index is 12.3. The van der Waals surface area contributed by atoms with E-state index in [2.05, 4.69) is 86.8 Å². The number of ether oxygens (including phenoxy) is 2. The van der Waals surface area contributed by atoms with Gasteiger partial charge in [0.15, 0.2) is 6.10 Å². The first-order chi connectivity index (χ1) is 32.6. The van der Waals surface area contributed by atoms with Gasteiger partial charge in [0.05, 0.1) is 6.61 Å². The number of hydrogen-bond donors (Lipinski definition) is 1. The van der Waals surface area contributed by atoms with Crippen molar-refractivity contribution in [1.29, 1.82) is 0 Å². The van der Waals surface area contributed by atoms with Crippen LogP contribution in [0.4, 0.5) is 0 Å². The molecule has 0 aliphatic rings. The Hall–Kier alpha value is -2.66. The number of esters is 2. The lowest BCUT2D eigenvalue weighted by Gasteiger charge is -2.15. The monoisotopic (exact) mass is 921 g/mol. The summed E-state index contributed by atoms with van der Waals surface area (Å²) in [5.74, 6) is -0.596. The maximum Gasteiger partial charge on any atom is 0.306 e. The molecule has 66 heavy (non-hydrogen) atoms. The molecular formula is C61H108O5. The maximum absolute atomic E-state index is 12.3. The highest BCUT2D eigenvalue weighted by Gasteiger charge is 2.16. The molecule has 0 heterocycles. The molecule has 0 saturated carbocycles. The number of aliphatic hydroxyl groups excluding tert-OH is 1. The molecular weight excluding hydrogens is 813 g/mol. The Morgan fingerprint density at radius 1 is 0.364 bits per heavy atom. The van der Waals surface area contributed by atoms with Crippen LogP contribution in [-0.4, -0.2) is 36.4 Å². The minimum absolute atomic E-state index is 0.0710. The van der Waals surface area contributed by atoms with E-state index in [9.17, 15) is 14.7 Å². The zero-order valence-corrected chi connectivity index (χ0v) is 43.7. The molecule has 5 nitrogen and oxygen atoms in total. The second-order valence-corrected chi connectivity index (χ2v) is 19.0. The van der Waals surface area contributed by atoms with E-state index in [0.29, 0.717) is 12.8 Å². The van der Waals surface area contributed by atoms with Gasteiger partial charge in [0.1, 0.15) is 6.61 Å². The molecule has 382 valence electrons. The fourth-order valence-electron chi connectivity index (χ4n) is 8.23. The van der Waals surface area contributed by atoms with Crippen molar-refractivity contribution in [1.82, 2.24) is 0 Å². The standard InChI is InChI=1S/C61H108O5/c1-3-5-7-9-11-13-15-17-19-21-23-25-27-28-29-30-31-32-34-35-37-39-41-43-45-47-49-51-53-55-60(63)65-58-59(57-62)66-61(64)56-54-52-50-48-46-44-42-40-38-36-33-26-24-22-20-18-16-14-12-10-8-6-4-2/h6,8,12,14,18,20-21,23-24,26,36,38,59,62H,3-5,7,9-11,13,15-17,19,22,25,27-35,37,39-58H2,1-2H3/b8-6-,14-12-,20-18-,23-21-,26-24-,38-36-. The van der Waals surface area contributed by atoms with Crippen LogP contribution in [0.5, 0.6) is 0 Å². The molecule has 1 unspecified atom stereocenters. The second-order valence-electron chi connectivity index (χ2n) is 19.0. The van der Waals surface area contributed by atoms with Crippen molar-refractivity contribution < 1.29 is 24.2 Å². The van der Waals surface area contributed by atoms with Crippen LogP contribution >= 0.6 is 0 Å². The van der Waals surface area contributed by atoms with E-state index in [4.69, 9.17) is 9.47 Å². The number of carbonyl (C=O) groups is 2. The van der Waals surface area contributed by atoms with Gasteiger partial charge < -0.3 is 14.6 Å². The summed E-state index contributed by atoms with van der Waals surface area (Å²) in [4.78, 5) is 24.5. The summed E-state index contributed by atoms with van der Waals surface area (Å²) in [5.41, 5.74) is 0. The van der Waals surface area contributed by atoms with Crippen LogP contribution in [0.2, 0.25) is 0 Å². The van der Waals surface area contributed by atoms with Gasteiger partial charge in [-0.3, -0.25) is 9.59 Å². The lowest BCUT2D eigenvalue weighted by Crippen LogP contribution is -2.28. The average Bonchev–Trinajstić information content (AvgIpc) is 3.32. The molecule has 0 amide bonds. The van der Waals surface area contributed by atoms with Crippen molar-refractivity contribution in [2.45, 2.75) is 290 Å². The van der Waals surface area contributed by atoms with Gasteiger partial charge in [0.25, 0.3) is 0 Å². The summed E-state index contributed by atoms with van der Waals surface area (Å²) in [6, 6.07) is 0. The third kappa shape index (κ3) is 54.0. The van der Waals surface area contributed by atoms with Crippen LogP contribution in [0.1, 0.15) is 284 Å². The number of rotatable bonds is 52. The first-order valence-corrected chi connectivity index (χ1v) is 28.5. The Bertz CT molecular complexity index is 1180. The Morgan fingerprint density at radius 2 is 0.652 bits per heavy atom. The largest absolute Gasteiger partial charge is 0.462 e. The van der Waals surface area contributed by atoms with E-state index in [1.165, 1.54) is 180 Å². The van der Waals surface area contributed by atoms with Crippen molar-refractivity contribution >= 4 is 11.9 Å². The predicted octanol–water partition coefficient (Wildman–Crippen LogP) is 19.2. The lowest BCUT2D eigenvalue weighted by molar-refractivity contribution is -0.161. The first kappa shape index (κ1) is 63.3. The predicted molar refractivity (Wildman–Crippen MR) is 288 cm³/mol. The van der Waals surface area contributed by atoms with Gasteiger partial charge in [0, 0.05) is 12.8 Å². The molecule has 5 heteroatoms. The molecule has 0 rings (SSSR count). The molecule has 0 aliphatic carbocycles. The molecule has 0 saturated heterocycles. The van der Waals surface area contributed by atoms with E-state index in [1.54, 1.807) is 0 Å². The Balaban J connectivity index is 3.48. The molecule has 0 aromatic heterocycles. The molecule has 0 aromatic carbocycles. The Labute approximate surface area is 410 Å². The molecule has 0 spiro atoms. The van der Waals surface area contributed by atoms with Crippen LogP contribution in [0.25, 0.3) is 0 Å². The fraction of sp³-hybridized carbons (Fsp3) is 0.770. The fourth-order valence-corrected chi connectivity index (χ4v) is 8.23. The SMILES string of the molecule is CC/C=C\C/C=C\C/C=C\C/C=C\C/C=C\CCCCCCCCCC(=O)OC(CO)COC(=O)CCCCCCCCCCCCCCCCCCC/C=C\CCCCCCCCCC. The van der Waals surface area contributed by atoms with E-state index < -0.39 is 6.10 Å². The van der Waals surface area contributed by atoms with Gasteiger partial charge in [-0.1, -0.05) is 260 Å². The van der Waals surface area contributed by atoms with Gasteiger partial charge in [-0.25, -0.2) is 0 Å². The summed E-state index contributed by atoms with van der Waals surface area (Å²) >= 11 is 0. The Morgan fingerprint density at radius 3 is 1.00 bits per heavy atom. The quantitative estimate of drug-likeness (QED) is 0.0374. The number of allylic oxidation sites excluding steroid dienone is 12. The third-order valence-electron chi connectivity index (χ3n) is 12.5. The average molecular weight is 922 g/mol. The van der Waals surface area contributed by atoms with Crippen molar-refractivity contribution in [3.63, 3.8) is 0 Å². The normalized spacial score (nSPS) is 12.7. The highest BCUT2D eigenvalue weighted by Crippen LogP contribution is 2.16. The van der Waals surface area contributed by atoms with Crippen molar-refractivity contribution in [3.8, 4) is 0 Å². The zero-order chi connectivity index (χ0) is 47.7. The highest BCUT2D eigenvalue weighted by molar-refractivity contribution is 5.70. The highest BCUT2D eigenvalue weighted by atomic mass is 16.6. The van der Waals surface area contributed by atoms with E-state index in [0.717, 1.165) is 77.0 Å². The number of unbranched alkanes of at least 4 members (excludes halogenated alkanes) is 32. The molecule has 0 aliphatic heterocycles. The summed E-state index contributed by atoms with van der Waals surface area (Å²) in [5, 5.41) is 9.65. The van der Waals surface area contributed by atoms with E-state index >= 15 is 0 Å². The van der Waals surface area contributed by atoms with Gasteiger partial charge in [0.2, 0.25) is 0 Å². The number of aliphatic hydroxyl groups is 1. The summed E-state index contributed by atoms with van der Waals surface area (Å²) in [7, 11) is 0. The van der Waals surface area contributed by atoms with Gasteiger partial charge in [-0.05, 0) is 83.5 Å². The number of hydrogen-bond acceptors (Lipinski definition) is 5. The molecule has 0 fully saturated rings. The summed E-state index contributed by atoms with van der Waals surface area (Å²) in [6.07, 6.45) is 77.3. The molecule has 0 radical (unpaired) electrons. The lowest BCUT2D eigenvalue weighted by atomic mass is 10.0. The molecule has 0 bridgehead atoms. The van der Waals surface area contributed by atoms with Gasteiger partial charge in [-0.15, -0.1) is 0 Å². The van der Waals surface area contributed by atoms with Crippen molar-refractivity contribution in [2.75, 3.05) is 13.2 Å². The molecule has 1 atom stereocenters. The van der Waals surface area contributed by atoms with E-state index in [-0.39, 0.29) is 25.2 Å². The summed E-state index contributed by atoms with van der Waals surface area (Å²) < 4.78 is 10.7. The second kappa shape index (κ2) is 56.7. The topological polar surface area (TPSA) is 72.8 Å². The van der Waals surface area contributed by atoms with Gasteiger partial charge >= 0.3 is 11.9 Å². The molecule has 1 N–H and O–H groups in total. The third-order valence-corrected chi connectivity index (χ3v) is 12.5. The van der Waals surface area contributed by atoms with Crippen LogP contribution in [0.15, 0.2) is 72.9 Å². The smallest absolute Gasteiger partial charge is 0.306 e. The van der Waals surface area contributed by atoms with E-state index in [1.807, 2.05) is 0 Å². The van der Waals surface area contributed by atoms with Crippen LogP contribution in [0.3, 0.4) is 0 Å². The summed E-state index contributed by atoms with van der Waals surface area (Å²) in [6.45, 7) is 4.04. The van der Waals surface area contributed by atoms with Crippen molar-refractivity contribution in [2.24, 2.45) is 0 Å². The number of carbonyl (C=O) groups excluding carboxylic acids is 2. The zero-order valence-electron chi connectivity index (χ0n) is 43.7. The van der Waals surface area contributed by atoms with Crippen LogP contribution < -0.4 is 0 Å². The molecule has 0 aromatic rings. The first-order valence-electron chi connectivity index (χ1n) is 28.5. The van der Waals surface area contributed by atoms with Gasteiger partial charge in [-0.2, -0.15) is 0 Å². The van der Waals surface area contributed by atoms with Crippen LogP contribution in [-0.2, 0) is 19.1 Å². The minimum atomic E-state index is -0.781.